The standard InChI is InChI=1S/C21H20FNO2S/c1-16-8-14-21(15-9-16)26(24,25)23(20-12-10-19(22)11-13-20)17(2)18-6-4-3-5-7-18/h3-15,17H,1-2H3/t17-/m0/s1. The zero-order valence-corrected chi connectivity index (χ0v) is 15.4. The Bertz CT molecular complexity index is 969. The third-order valence-electron chi connectivity index (χ3n) is 4.29. The van der Waals surface area contributed by atoms with Gasteiger partial charge in [0.15, 0.2) is 0 Å². The van der Waals surface area contributed by atoms with Crippen LogP contribution in [0.1, 0.15) is 24.1 Å². The van der Waals surface area contributed by atoms with Crippen LogP contribution in [-0.2, 0) is 10.0 Å². The van der Waals surface area contributed by atoms with Crippen LogP contribution in [0.2, 0.25) is 0 Å². The first-order valence-electron chi connectivity index (χ1n) is 8.31. The average Bonchev–Trinajstić information content (AvgIpc) is 2.64. The highest BCUT2D eigenvalue weighted by atomic mass is 32.2. The van der Waals surface area contributed by atoms with Gasteiger partial charge in [0.05, 0.1) is 16.6 Å². The Hall–Kier alpha value is -2.66. The van der Waals surface area contributed by atoms with Gasteiger partial charge in [-0.05, 0) is 55.8 Å². The smallest absolute Gasteiger partial charge is 0.259 e. The van der Waals surface area contributed by atoms with E-state index in [4.69, 9.17) is 0 Å². The summed E-state index contributed by atoms with van der Waals surface area (Å²) in [7, 11) is -3.82. The van der Waals surface area contributed by atoms with Crippen molar-refractivity contribution < 1.29 is 12.8 Å². The number of hydrogen-bond donors (Lipinski definition) is 0. The lowest BCUT2D eigenvalue weighted by atomic mass is 10.1. The van der Waals surface area contributed by atoms with Crippen LogP contribution in [0.25, 0.3) is 0 Å². The summed E-state index contributed by atoms with van der Waals surface area (Å²) in [5.41, 5.74) is 2.25. The summed E-state index contributed by atoms with van der Waals surface area (Å²) in [5, 5.41) is 0. The molecule has 1 atom stereocenters. The topological polar surface area (TPSA) is 37.4 Å². The second-order valence-electron chi connectivity index (χ2n) is 6.18. The molecular formula is C21H20FNO2S. The van der Waals surface area contributed by atoms with Crippen molar-refractivity contribution in [3.63, 3.8) is 0 Å². The van der Waals surface area contributed by atoms with Crippen LogP contribution in [0, 0.1) is 12.7 Å². The molecule has 0 aliphatic rings. The molecule has 0 fully saturated rings. The van der Waals surface area contributed by atoms with Crippen molar-refractivity contribution in [3.05, 3.63) is 95.8 Å². The van der Waals surface area contributed by atoms with E-state index in [9.17, 15) is 12.8 Å². The Morgan fingerprint density at radius 3 is 2.00 bits per heavy atom. The molecule has 3 aromatic carbocycles. The van der Waals surface area contributed by atoms with Gasteiger partial charge in [0, 0.05) is 0 Å². The molecule has 0 aliphatic heterocycles. The van der Waals surface area contributed by atoms with Crippen LogP contribution in [-0.4, -0.2) is 8.42 Å². The number of halogens is 1. The number of benzene rings is 3. The molecule has 134 valence electrons. The quantitative estimate of drug-likeness (QED) is 0.628. The minimum atomic E-state index is -3.82. The van der Waals surface area contributed by atoms with Gasteiger partial charge in [-0.3, -0.25) is 4.31 Å². The van der Waals surface area contributed by atoms with Gasteiger partial charge < -0.3 is 0 Å². The average molecular weight is 369 g/mol. The molecule has 0 unspecified atom stereocenters. The molecule has 26 heavy (non-hydrogen) atoms. The van der Waals surface area contributed by atoms with Crippen molar-refractivity contribution in [1.82, 2.24) is 0 Å². The van der Waals surface area contributed by atoms with Gasteiger partial charge in [0.1, 0.15) is 5.82 Å². The third-order valence-corrected chi connectivity index (χ3v) is 6.21. The van der Waals surface area contributed by atoms with Gasteiger partial charge in [0.25, 0.3) is 10.0 Å². The summed E-state index contributed by atoms with van der Waals surface area (Å²) >= 11 is 0. The summed E-state index contributed by atoms with van der Waals surface area (Å²) in [6, 6.07) is 21.2. The summed E-state index contributed by atoms with van der Waals surface area (Å²) in [6.45, 7) is 3.73. The van der Waals surface area contributed by atoms with Crippen molar-refractivity contribution in [3.8, 4) is 0 Å². The first kappa shape index (κ1) is 18.1. The van der Waals surface area contributed by atoms with E-state index in [-0.39, 0.29) is 4.90 Å². The number of hydrogen-bond acceptors (Lipinski definition) is 2. The zero-order valence-electron chi connectivity index (χ0n) is 14.6. The lowest BCUT2D eigenvalue weighted by Gasteiger charge is -2.31. The van der Waals surface area contributed by atoms with Crippen LogP contribution in [0.5, 0.6) is 0 Å². The molecule has 0 aliphatic carbocycles. The molecule has 0 aromatic heterocycles. The maximum atomic E-state index is 13.4. The fraction of sp³-hybridized carbons (Fsp3) is 0.143. The Morgan fingerprint density at radius 1 is 0.846 bits per heavy atom. The van der Waals surface area contributed by atoms with E-state index >= 15 is 0 Å². The lowest BCUT2D eigenvalue weighted by molar-refractivity contribution is 0.582. The molecular weight excluding hydrogens is 349 g/mol. The minimum Gasteiger partial charge on any atom is -0.259 e. The Balaban J connectivity index is 2.13. The summed E-state index contributed by atoms with van der Waals surface area (Å²) in [5.74, 6) is -0.409. The number of rotatable bonds is 5. The minimum absolute atomic E-state index is 0.204. The second-order valence-corrected chi connectivity index (χ2v) is 7.99. The maximum Gasteiger partial charge on any atom is 0.264 e. The molecule has 3 rings (SSSR count). The van der Waals surface area contributed by atoms with Crippen molar-refractivity contribution >= 4 is 15.7 Å². The number of sulfonamides is 1. The first-order valence-corrected chi connectivity index (χ1v) is 9.75. The van der Waals surface area contributed by atoms with E-state index in [1.807, 2.05) is 44.2 Å². The van der Waals surface area contributed by atoms with Crippen LogP contribution in [0.15, 0.2) is 83.8 Å². The summed E-state index contributed by atoms with van der Waals surface area (Å²) in [4.78, 5) is 0.204. The van der Waals surface area contributed by atoms with E-state index < -0.39 is 21.9 Å². The van der Waals surface area contributed by atoms with Crippen LogP contribution in [0.3, 0.4) is 0 Å². The zero-order chi connectivity index (χ0) is 18.7. The maximum absolute atomic E-state index is 13.4. The van der Waals surface area contributed by atoms with E-state index in [1.54, 1.807) is 24.3 Å². The normalized spacial score (nSPS) is 12.6. The van der Waals surface area contributed by atoms with Gasteiger partial charge >= 0.3 is 0 Å². The fourth-order valence-electron chi connectivity index (χ4n) is 2.85. The first-order chi connectivity index (χ1) is 12.4. The SMILES string of the molecule is Cc1ccc(S(=O)(=O)N(c2ccc(F)cc2)[C@@H](C)c2ccccc2)cc1. The number of nitrogens with zero attached hydrogens (tertiary/aromatic N) is 1. The van der Waals surface area contributed by atoms with Crippen molar-refractivity contribution in [2.75, 3.05) is 4.31 Å². The molecule has 0 radical (unpaired) electrons. The van der Waals surface area contributed by atoms with Crippen molar-refractivity contribution in [1.29, 1.82) is 0 Å². The Kier molecular flexibility index (Phi) is 5.09. The lowest BCUT2D eigenvalue weighted by Crippen LogP contribution is -2.33. The van der Waals surface area contributed by atoms with Crippen LogP contribution in [0.4, 0.5) is 10.1 Å². The van der Waals surface area contributed by atoms with Gasteiger partial charge in [-0.25, -0.2) is 12.8 Å². The van der Waals surface area contributed by atoms with E-state index in [0.29, 0.717) is 5.69 Å². The third kappa shape index (κ3) is 3.63. The number of aryl methyl sites for hydroxylation is 1. The molecule has 0 spiro atoms. The molecule has 0 bridgehead atoms. The van der Waals surface area contributed by atoms with Gasteiger partial charge in [0.2, 0.25) is 0 Å². The predicted octanol–water partition coefficient (Wildman–Crippen LogP) is 5.09. The van der Waals surface area contributed by atoms with Crippen molar-refractivity contribution in [2.24, 2.45) is 0 Å². The van der Waals surface area contributed by atoms with Crippen LogP contribution < -0.4 is 4.31 Å². The largest absolute Gasteiger partial charge is 0.264 e. The van der Waals surface area contributed by atoms with Crippen LogP contribution >= 0.6 is 0 Å². The highest BCUT2D eigenvalue weighted by Gasteiger charge is 2.30. The molecule has 3 nitrogen and oxygen atoms in total. The molecule has 0 amide bonds. The fourth-order valence-corrected chi connectivity index (χ4v) is 4.49. The highest BCUT2D eigenvalue weighted by Crippen LogP contribution is 2.33. The summed E-state index contributed by atoms with van der Waals surface area (Å²) in [6.07, 6.45) is 0. The Labute approximate surface area is 153 Å². The molecule has 0 heterocycles. The van der Waals surface area contributed by atoms with Crippen molar-refractivity contribution in [2.45, 2.75) is 24.8 Å². The molecule has 0 saturated carbocycles. The number of anilines is 1. The molecule has 0 N–H and O–H groups in total. The monoisotopic (exact) mass is 369 g/mol. The Morgan fingerprint density at radius 2 is 1.42 bits per heavy atom. The molecule has 5 heteroatoms. The second kappa shape index (κ2) is 7.30. The molecule has 3 aromatic rings. The van der Waals surface area contributed by atoms with E-state index in [1.165, 1.54) is 28.6 Å². The van der Waals surface area contributed by atoms with E-state index in [2.05, 4.69) is 0 Å². The van der Waals surface area contributed by atoms with Gasteiger partial charge in [-0.1, -0.05) is 48.0 Å². The van der Waals surface area contributed by atoms with E-state index in [0.717, 1.165) is 11.1 Å². The van der Waals surface area contributed by atoms with Gasteiger partial charge in [-0.2, -0.15) is 0 Å². The predicted molar refractivity (Wildman–Crippen MR) is 102 cm³/mol. The van der Waals surface area contributed by atoms with Gasteiger partial charge in [-0.15, -0.1) is 0 Å². The summed E-state index contributed by atoms with van der Waals surface area (Å²) < 4.78 is 41.5. The molecule has 0 saturated heterocycles. The highest BCUT2D eigenvalue weighted by molar-refractivity contribution is 7.92.